The van der Waals surface area contributed by atoms with Crippen molar-refractivity contribution >= 4 is 17.5 Å². The van der Waals surface area contributed by atoms with Crippen molar-refractivity contribution in [2.75, 3.05) is 44.1 Å². The highest BCUT2D eigenvalue weighted by Crippen LogP contribution is 2.26. The van der Waals surface area contributed by atoms with E-state index in [0.717, 1.165) is 0 Å². The van der Waals surface area contributed by atoms with E-state index < -0.39 is 62.5 Å². The third-order valence-electron chi connectivity index (χ3n) is 2.12. The number of rotatable bonds is 6. The zero-order valence-electron chi connectivity index (χ0n) is 22.7. The largest absolute Gasteiger partial charge is 0.472 e. The normalized spacial score (nSPS) is 37.3. The van der Waals surface area contributed by atoms with Crippen molar-refractivity contribution in [3.05, 3.63) is 0 Å². The summed E-state index contributed by atoms with van der Waals surface area (Å²) in [4.78, 5) is -0.0190. The molecule has 0 unspecified atom stereocenters. The first-order valence-electron chi connectivity index (χ1n) is 11.5. The molecule has 1 aromatic heterocycles. The maximum Gasteiger partial charge on any atom is 0.270 e. The van der Waals surface area contributed by atoms with Crippen molar-refractivity contribution in [2.24, 2.45) is 0 Å². The second-order valence-corrected chi connectivity index (χ2v) is 5.54. The molecule has 0 spiro atoms. The number of aromatic nitrogens is 2. The third-order valence-corrected chi connectivity index (χ3v) is 2.62. The van der Waals surface area contributed by atoms with Crippen LogP contribution in [-0.2, 0) is 4.74 Å². The van der Waals surface area contributed by atoms with Crippen LogP contribution in [0.3, 0.4) is 0 Å². The van der Waals surface area contributed by atoms with Crippen molar-refractivity contribution in [2.45, 2.75) is 32.4 Å². The van der Waals surface area contributed by atoms with E-state index in [4.69, 9.17) is 19.8 Å². The first-order chi connectivity index (χ1) is 14.0. The van der Waals surface area contributed by atoms with Crippen LogP contribution in [0.2, 0.25) is 0 Å². The fourth-order valence-electron chi connectivity index (χ4n) is 1.17. The Bertz CT molecular complexity index is 817. The molecule has 21 heavy (non-hydrogen) atoms. The molecule has 120 valence electrons. The van der Waals surface area contributed by atoms with Gasteiger partial charge in [-0.15, -0.1) is 4.37 Å². The molecule has 8 heteroatoms. The van der Waals surface area contributed by atoms with Crippen LogP contribution >= 0.6 is 11.7 Å². The summed E-state index contributed by atoms with van der Waals surface area (Å²) in [6.45, 7) is -12.1. The number of β-amino-alcohol motifs (C(OH)–C–C–N with tert-alkyl or cyclic N) is 1. The lowest BCUT2D eigenvalue weighted by Gasteiger charge is -2.27. The molecule has 0 saturated carbocycles. The summed E-state index contributed by atoms with van der Waals surface area (Å²) < 4.78 is 104. The predicted molar refractivity (Wildman–Crippen MR) is 82.2 cm³/mol. The van der Waals surface area contributed by atoms with Crippen LogP contribution in [0.15, 0.2) is 0 Å². The zero-order valence-corrected chi connectivity index (χ0v) is 12.5. The molecule has 2 heterocycles. The molecule has 0 amide bonds. The fourth-order valence-corrected chi connectivity index (χ4v) is 1.64. The minimum atomic E-state index is -3.37. The third kappa shape index (κ3) is 5.39. The van der Waals surface area contributed by atoms with Gasteiger partial charge in [-0.1, -0.05) is 0 Å². The maximum atomic E-state index is 10.3. The van der Waals surface area contributed by atoms with E-state index in [-0.39, 0.29) is 4.90 Å². The summed E-state index contributed by atoms with van der Waals surface area (Å²) in [6.07, 6.45) is -2.90. The molecular weight excluding hydrogens is 292 g/mol. The smallest absolute Gasteiger partial charge is 0.270 e. The van der Waals surface area contributed by atoms with Gasteiger partial charge in [0.15, 0.2) is 0 Å². The lowest BCUT2D eigenvalue weighted by molar-refractivity contribution is 0.0975. The minimum absolute atomic E-state index is 0.0190. The number of nitrogens with one attached hydrogen (secondary N) is 1. The lowest BCUT2D eigenvalue weighted by atomic mass is 10.1. The van der Waals surface area contributed by atoms with Crippen molar-refractivity contribution in [3.63, 3.8) is 0 Å². The summed E-state index contributed by atoms with van der Waals surface area (Å²) in [6, 6.07) is 0. The number of hydrogen-bond donors (Lipinski definition) is 2. The van der Waals surface area contributed by atoms with E-state index in [2.05, 4.69) is 18.8 Å². The molecule has 0 radical (unpaired) electrons. The molecular formula is C13H24N4O3S. The molecule has 7 nitrogen and oxygen atoms in total. The van der Waals surface area contributed by atoms with Gasteiger partial charge >= 0.3 is 0 Å². The van der Waals surface area contributed by atoms with Crippen molar-refractivity contribution in [1.29, 1.82) is 0 Å². The zero-order chi connectivity index (χ0) is 25.2. The molecule has 2 rings (SSSR count). The monoisotopic (exact) mass is 327 g/mol. The summed E-state index contributed by atoms with van der Waals surface area (Å²) >= 11 is 0.320. The minimum Gasteiger partial charge on any atom is -0.472 e. The van der Waals surface area contributed by atoms with Crippen molar-refractivity contribution in [3.8, 4) is 5.88 Å². The van der Waals surface area contributed by atoms with E-state index in [0.29, 0.717) is 11.7 Å². The highest BCUT2D eigenvalue weighted by molar-refractivity contribution is 6.99. The predicted octanol–water partition coefficient (Wildman–Crippen LogP) is 0.502. The Morgan fingerprint density at radius 2 is 2.29 bits per heavy atom. The van der Waals surface area contributed by atoms with Gasteiger partial charge in [-0.25, -0.2) is 0 Å². The van der Waals surface area contributed by atoms with Crippen LogP contribution in [0, 0.1) is 0 Å². The lowest BCUT2D eigenvalue weighted by Crippen LogP contribution is -2.42. The molecule has 1 aromatic rings. The van der Waals surface area contributed by atoms with E-state index in [9.17, 15) is 5.11 Å². The Hall–Kier alpha value is -0.960. The van der Waals surface area contributed by atoms with Crippen LogP contribution in [-0.4, -0.2) is 64.7 Å². The molecule has 1 aliphatic heterocycles. The number of aliphatic hydroxyl groups is 1. The van der Waals surface area contributed by atoms with Gasteiger partial charge in [-0.05, 0) is 20.8 Å². The summed E-state index contributed by atoms with van der Waals surface area (Å²) in [5, 5.41) is 13.1. The van der Waals surface area contributed by atoms with E-state index in [1.807, 2.05) is 0 Å². The average molecular weight is 327 g/mol. The average Bonchev–Trinajstić information content (AvgIpc) is 2.96. The summed E-state index contributed by atoms with van der Waals surface area (Å²) in [5.74, 6) is -1.74. The molecule has 2 N–H and O–H groups in total. The standard InChI is InChI=1S/C13H24N4O3S/c1-13(2,3)14-8-10(18)9-20-12-11(15-21-16-12)17-4-6-19-7-5-17/h10,14,18H,4-9H2,1-3H3/t10-/m1/s1/i4D2,5D2,6D2,7D2,9D2,10D. The Morgan fingerprint density at radius 3 is 2.95 bits per heavy atom. The van der Waals surface area contributed by atoms with Gasteiger partial charge < -0.3 is 24.8 Å². The molecule has 0 aromatic carbocycles. The SMILES string of the molecule is [2H]C1([2H])OC([2H])([2H])C([2H])([2H])N(c2nsnc2OC([2H])([2H])[C@]([2H])(O)CNC(C)(C)C)C1([2H])[2H]. The first kappa shape index (κ1) is 7.08. The first-order valence-corrected chi connectivity index (χ1v) is 6.71. The van der Waals surface area contributed by atoms with E-state index in [1.165, 1.54) is 0 Å². The highest BCUT2D eigenvalue weighted by atomic mass is 32.1. The van der Waals surface area contributed by atoms with Gasteiger partial charge in [0.2, 0.25) is 5.82 Å². The van der Waals surface area contributed by atoms with Crippen LogP contribution in [0.4, 0.5) is 5.82 Å². The number of ether oxygens (including phenoxy) is 2. The van der Waals surface area contributed by atoms with Crippen LogP contribution in [0.25, 0.3) is 0 Å². The van der Waals surface area contributed by atoms with Gasteiger partial charge in [-0.2, -0.15) is 4.37 Å². The van der Waals surface area contributed by atoms with Crippen LogP contribution in [0.1, 0.15) is 35.8 Å². The molecule has 1 atom stereocenters. The van der Waals surface area contributed by atoms with Crippen molar-refractivity contribution < 1.29 is 29.7 Å². The summed E-state index contributed by atoms with van der Waals surface area (Å²) in [5.41, 5.74) is -0.588. The quantitative estimate of drug-likeness (QED) is 0.787. The van der Waals surface area contributed by atoms with Gasteiger partial charge in [0.1, 0.15) is 12.6 Å². The maximum absolute atomic E-state index is 10.3. The fraction of sp³-hybridized carbons (Fsp3) is 0.846. The van der Waals surface area contributed by atoms with Gasteiger partial charge in [0.25, 0.3) is 5.88 Å². The van der Waals surface area contributed by atoms with Gasteiger partial charge in [-0.3, -0.25) is 0 Å². The van der Waals surface area contributed by atoms with Crippen LogP contribution in [0.5, 0.6) is 5.88 Å². The number of anilines is 1. The van der Waals surface area contributed by atoms with E-state index in [1.54, 1.807) is 20.8 Å². The Kier molecular flexibility index (Phi) is 2.48. The number of nitrogens with zero attached hydrogens (tertiary/aromatic N) is 3. The Balaban J connectivity index is 2.48. The second kappa shape index (κ2) is 7.35. The highest BCUT2D eigenvalue weighted by Gasteiger charge is 2.21. The summed E-state index contributed by atoms with van der Waals surface area (Å²) in [7, 11) is 0. The molecule has 1 saturated heterocycles. The Labute approximate surface area is 145 Å². The number of morpholine rings is 1. The van der Waals surface area contributed by atoms with Crippen molar-refractivity contribution in [1.82, 2.24) is 14.1 Å². The van der Waals surface area contributed by atoms with Crippen LogP contribution < -0.4 is 15.0 Å². The molecule has 1 aliphatic rings. The van der Waals surface area contributed by atoms with Gasteiger partial charge in [0.05, 0.1) is 39.9 Å². The molecule has 1 fully saturated rings. The van der Waals surface area contributed by atoms with E-state index >= 15 is 0 Å². The number of hydrogen-bond acceptors (Lipinski definition) is 8. The topological polar surface area (TPSA) is 79.7 Å². The van der Waals surface area contributed by atoms with Gasteiger partial charge in [0, 0.05) is 25.1 Å². The Morgan fingerprint density at radius 1 is 1.57 bits per heavy atom. The molecule has 0 aliphatic carbocycles. The second-order valence-electron chi connectivity index (χ2n) is 5.01. The molecule has 0 bridgehead atoms.